The van der Waals surface area contributed by atoms with Gasteiger partial charge in [-0.05, 0) is 77.6 Å². The Bertz CT molecular complexity index is 2130. The molecule has 58 heavy (non-hydrogen) atoms. The number of hydrogen-bond donors (Lipinski definition) is 5. The van der Waals surface area contributed by atoms with Crippen LogP contribution in [0.4, 0.5) is 0 Å². The van der Waals surface area contributed by atoms with Gasteiger partial charge in [0.2, 0.25) is 17.7 Å². The summed E-state index contributed by atoms with van der Waals surface area (Å²) in [6, 6.07) is 38.7. The number of carbonyl (C=O) groups excluding carboxylic acids is 4. The minimum Gasteiger partial charge on any atom is -0.484 e. The second kappa shape index (κ2) is 20.4. The lowest BCUT2D eigenvalue weighted by atomic mass is 9.98. The van der Waals surface area contributed by atoms with Gasteiger partial charge < -0.3 is 31.1 Å². The molecular weight excluding hydrogens is 733 g/mol. The first-order valence-electron chi connectivity index (χ1n) is 19.6. The van der Waals surface area contributed by atoms with Crippen LogP contribution in [0.15, 0.2) is 140 Å². The number of amides is 4. The predicted molar refractivity (Wildman–Crippen MR) is 221 cm³/mol. The summed E-state index contributed by atoms with van der Waals surface area (Å²) in [5.41, 5.74) is 5.36. The van der Waals surface area contributed by atoms with Crippen molar-refractivity contribution in [2.75, 3.05) is 6.61 Å². The Labute approximate surface area is 338 Å². The molecule has 0 saturated carbocycles. The average molecular weight is 781 g/mol. The van der Waals surface area contributed by atoms with Gasteiger partial charge in [0, 0.05) is 12.8 Å². The van der Waals surface area contributed by atoms with Crippen molar-refractivity contribution < 1.29 is 33.8 Å². The molecule has 5 aromatic carbocycles. The molecule has 2 aliphatic rings. The van der Waals surface area contributed by atoms with Gasteiger partial charge in [-0.15, -0.1) is 0 Å². The van der Waals surface area contributed by atoms with Gasteiger partial charge in [-0.1, -0.05) is 127 Å². The third-order valence-corrected chi connectivity index (χ3v) is 10.1. The van der Waals surface area contributed by atoms with Gasteiger partial charge >= 0.3 is 5.97 Å². The molecule has 298 valence electrons. The molecule has 4 atom stereocenters. The zero-order valence-corrected chi connectivity index (χ0v) is 32.1. The summed E-state index contributed by atoms with van der Waals surface area (Å²) in [5.74, 6) is -3.27. The number of nitrogens with one attached hydrogen (secondary N) is 4. The largest absolute Gasteiger partial charge is 0.484 e. The summed E-state index contributed by atoms with van der Waals surface area (Å²) in [4.78, 5) is 68.3. The van der Waals surface area contributed by atoms with Gasteiger partial charge in [0.05, 0.1) is 0 Å². The Morgan fingerprint density at radius 1 is 0.552 bits per heavy atom. The van der Waals surface area contributed by atoms with E-state index >= 15 is 0 Å². The molecule has 7 rings (SSSR count). The summed E-state index contributed by atoms with van der Waals surface area (Å²) in [5, 5.41) is 21.3. The number of carboxylic acid groups (broad SMARTS) is 1. The SMILES string of the molecule is O=C1COc2ccc(cc2)C[C@@H](C(=O)O)NC(=O)C(CCc2ccccc2)NC(=O)[C@@H](Cc2ccc(-c3ccccc3)cc2)NC(=O)[C@H](CCCc2ccccc2)N1. The van der Waals surface area contributed by atoms with E-state index in [9.17, 15) is 29.1 Å². The van der Waals surface area contributed by atoms with Crippen LogP contribution in [0.25, 0.3) is 11.1 Å². The van der Waals surface area contributed by atoms with E-state index < -0.39 is 53.8 Å². The first-order chi connectivity index (χ1) is 28.2. The number of benzene rings is 5. The monoisotopic (exact) mass is 780 g/mol. The standard InChI is InChI=1S/C47H48N4O7/c52-43-31-58-38-26-21-35(22-27-38)30-42(47(56)57)51-45(54)40(28-23-33-13-6-2-7-14-33)49-46(55)41(29-34-19-24-37(25-20-34)36-16-8-3-9-17-36)50-44(53)39(48-43)18-10-15-32-11-4-1-5-12-32/h1-9,11-14,16-17,19-22,24-27,39-42H,10,15,18,23,28-31H2,(H,48,52)(H,49,55)(H,50,53)(H,51,54)(H,56,57)/t39-,40?,41+,42-/m0/s1. The molecule has 5 N–H and O–H groups in total. The Morgan fingerprint density at radius 3 is 1.72 bits per heavy atom. The summed E-state index contributed by atoms with van der Waals surface area (Å²) in [6.07, 6.45) is 2.10. The normalized spacial score (nSPS) is 19.2. The van der Waals surface area contributed by atoms with Crippen LogP contribution in [-0.4, -0.2) is 65.5 Å². The van der Waals surface area contributed by atoms with Crippen LogP contribution in [0, 0.1) is 0 Å². The third kappa shape index (κ3) is 12.1. The van der Waals surface area contributed by atoms with E-state index in [1.165, 1.54) is 0 Å². The molecule has 11 heteroatoms. The molecule has 2 heterocycles. The van der Waals surface area contributed by atoms with Gasteiger partial charge in [0.1, 0.15) is 29.9 Å². The Kier molecular flexibility index (Phi) is 14.4. The number of ether oxygens (including phenoxy) is 1. The highest BCUT2D eigenvalue weighted by Crippen LogP contribution is 2.21. The Balaban J connectivity index is 1.31. The predicted octanol–water partition coefficient (Wildman–Crippen LogP) is 5.21. The summed E-state index contributed by atoms with van der Waals surface area (Å²) in [6.45, 7) is -0.379. The number of fused-ring (bicyclic) bond motifs is 16. The lowest BCUT2D eigenvalue weighted by Crippen LogP contribution is -2.58. The van der Waals surface area contributed by atoms with Crippen LogP contribution in [0.3, 0.4) is 0 Å². The van der Waals surface area contributed by atoms with Crippen molar-refractivity contribution in [2.45, 2.75) is 69.1 Å². The van der Waals surface area contributed by atoms with Gasteiger partial charge in [-0.3, -0.25) is 19.2 Å². The van der Waals surface area contributed by atoms with E-state index in [1.807, 2.05) is 115 Å². The molecule has 0 radical (unpaired) electrons. The van der Waals surface area contributed by atoms with E-state index in [4.69, 9.17) is 4.74 Å². The Hall–Kier alpha value is -6.75. The molecule has 0 saturated heterocycles. The van der Waals surface area contributed by atoms with Crippen molar-refractivity contribution in [3.8, 4) is 16.9 Å². The topological polar surface area (TPSA) is 163 Å². The number of hydrogen-bond acceptors (Lipinski definition) is 6. The summed E-state index contributed by atoms with van der Waals surface area (Å²) in [7, 11) is 0. The number of carboxylic acids is 1. The first-order valence-corrected chi connectivity index (χ1v) is 19.6. The molecule has 0 spiro atoms. The highest BCUT2D eigenvalue weighted by molar-refractivity contribution is 5.95. The fourth-order valence-corrected chi connectivity index (χ4v) is 6.92. The molecule has 0 aromatic heterocycles. The lowest BCUT2D eigenvalue weighted by molar-refractivity contribution is -0.142. The lowest BCUT2D eigenvalue weighted by Gasteiger charge is -2.26. The minimum atomic E-state index is -1.31. The van der Waals surface area contributed by atoms with Crippen LogP contribution in [0.5, 0.6) is 5.75 Å². The van der Waals surface area contributed by atoms with Crippen LogP contribution in [0.2, 0.25) is 0 Å². The van der Waals surface area contributed by atoms with E-state index in [0.29, 0.717) is 30.6 Å². The van der Waals surface area contributed by atoms with Gasteiger partial charge in [-0.25, -0.2) is 4.79 Å². The zero-order chi connectivity index (χ0) is 40.7. The van der Waals surface area contributed by atoms with Crippen molar-refractivity contribution in [1.82, 2.24) is 21.3 Å². The van der Waals surface area contributed by atoms with Crippen molar-refractivity contribution in [3.05, 3.63) is 162 Å². The molecule has 4 amide bonds. The molecule has 2 aliphatic heterocycles. The van der Waals surface area contributed by atoms with Crippen LogP contribution in [-0.2, 0) is 49.7 Å². The maximum Gasteiger partial charge on any atom is 0.326 e. The fourth-order valence-electron chi connectivity index (χ4n) is 6.92. The molecule has 11 nitrogen and oxygen atoms in total. The fraction of sp³-hybridized carbons (Fsp3) is 0.255. The molecular formula is C47H48N4O7. The second-order valence-corrected chi connectivity index (χ2v) is 14.4. The van der Waals surface area contributed by atoms with E-state index in [1.54, 1.807) is 24.3 Å². The van der Waals surface area contributed by atoms with Crippen LogP contribution >= 0.6 is 0 Å². The van der Waals surface area contributed by atoms with Crippen molar-refractivity contribution >= 4 is 29.6 Å². The van der Waals surface area contributed by atoms with Crippen LogP contribution in [0.1, 0.15) is 41.5 Å². The smallest absolute Gasteiger partial charge is 0.326 e. The number of aliphatic carboxylic acids is 1. The number of rotatable bonds is 11. The summed E-state index contributed by atoms with van der Waals surface area (Å²) >= 11 is 0. The minimum absolute atomic E-state index is 0.0382. The quantitative estimate of drug-likeness (QED) is 0.115. The number of aryl methyl sites for hydroxylation is 2. The maximum absolute atomic E-state index is 14.4. The first kappa shape index (κ1) is 40.9. The summed E-state index contributed by atoms with van der Waals surface area (Å²) < 4.78 is 5.73. The van der Waals surface area contributed by atoms with E-state index in [-0.39, 0.29) is 32.3 Å². The third-order valence-electron chi connectivity index (χ3n) is 10.1. The molecule has 0 aliphatic carbocycles. The Morgan fingerprint density at radius 2 is 1.09 bits per heavy atom. The van der Waals surface area contributed by atoms with Crippen LogP contribution < -0.4 is 26.0 Å². The van der Waals surface area contributed by atoms with Crippen molar-refractivity contribution in [3.63, 3.8) is 0 Å². The highest BCUT2D eigenvalue weighted by atomic mass is 16.5. The van der Waals surface area contributed by atoms with Crippen molar-refractivity contribution in [1.29, 1.82) is 0 Å². The van der Waals surface area contributed by atoms with Crippen molar-refractivity contribution in [2.24, 2.45) is 0 Å². The van der Waals surface area contributed by atoms with E-state index in [2.05, 4.69) is 21.3 Å². The maximum atomic E-state index is 14.4. The van der Waals surface area contributed by atoms with Gasteiger partial charge in [0.15, 0.2) is 6.61 Å². The second-order valence-electron chi connectivity index (χ2n) is 14.4. The highest BCUT2D eigenvalue weighted by Gasteiger charge is 2.32. The zero-order valence-electron chi connectivity index (χ0n) is 32.1. The van der Waals surface area contributed by atoms with Gasteiger partial charge in [0.25, 0.3) is 5.91 Å². The molecule has 1 unspecified atom stereocenters. The molecule has 5 aromatic rings. The van der Waals surface area contributed by atoms with Gasteiger partial charge in [-0.2, -0.15) is 0 Å². The molecule has 0 fully saturated rings. The molecule has 2 bridgehead atoms. The van der Waals surface area contributed by atoms with E-state index in [0.717, 1.165) is 27.8 Å². The average Bonchev–Trinajstić information content (AvgIpc) is 3.24. The number of carbonyl (C=O) groups is 5.